The van der Waals surface area contributed by atoms with Crippen molar-refractivity contribution >= 4 is 5.69 Å². The lowest BCUT2D eigenvalue weighted by Gasteiger charge is -2.38. The predicted octanol–water partition coefficient (Wildman–Crippen LogP) is 1.81. The lowest BCUT2D eigenvalue weighted by atomic mass is 10.1. The maximum Gasteiger partial charge on any atom is 0.0957 e. The lowest BCUT2D eigenvalue weighted by molar-refractivity contribution is 0.169. The summed E-state index contributed by atoms with van der Waals surface area (Å²) in [5.41, 5.74) is 1.98. The van der Waals surface area contributed by atoms with E-state index >= 15 is 0 Å². The zero-order chi connectivity index (χ0) is 13.2. The summed E-state index contributed by atoms with van der Waals surface area (Å²) in [5.74, 6) is 0. The van der Waals surface area contributed by atoms with Crippen LogP contribution in [0.3, 0.4) is 0 Å². The second kappa shape index (κ2) is 5.47. The van der Waals surface area contributed by atoms with Gasteiger partial charge >= 0.3 is 0 Å². The van der Waals surface area contributed by atoms with Crippen molar-refractivity contribution < 1.29 is 5.11 Å². The second-order valence-corrected chi connectivity index (χ2v) is 5.64. The first-order valence-electron chi connectivity index (χ1n) is 7.41. The fraction of sp³-hybridized carbons (Fsp3) is 0.667. The Hall–Kier alpha value is -1.13. The highest BCUT2D eigenvalue weighted by atomic mass is 16.3. The van der Waals surface area contributed by atoms with Crippen LogP contribution >= 0.6 is 0 Å². The van der Waals surface area contributed by atoms with Crippen LogP contribution < -0.4 is 4.90 Å². The maximum absolute atomic E-state index is 9.77. The van der Waals surface area contributed by atoms with Crippen molar-refractivity contribution in [1.82, 2.24) is 9.88 Å². The fourth-order valence-corrected chi connectivity index (χ4v) is 3.22. The molecule has 19 heavy (non-hydrogen) atoms. The Morgan fingerprint density at radius 1 is 1.37 bits per heavy atom. The first kappa shape index (κ1) is 12.9. The molecule has 3 heterocycles. The smallest absolute Gasteiger partial charge is 0.0957 e. The molecule has 0 spiro atoms. The average Bonchev–Trinajstić information content (AvgIpc) is 2.94. The van der Waals surface area contributed by atoms with Crippen molar-refractivity contribution in [1.29, 1.82) is 0 Å². The number of hydrogen-bond acceptors (Lipinski definition) is 4. The van der Waals surface area contributed by atoms with Gasteiger partial charge in [-0.05, 0) is 37.9 Å². The van der Waals surface area contributed by atoms with Gasteiger partial charge in [0, 0.05) is 25.7 Å². The highest BCUT2D eigenvalue weighted by molar-refractivity contribution is 5.45. The van der Waals surface area contributed by atoms with Crippen LogP contribution in [0.5, 0.6) is 0 Å². The molecular formula is C15H23N3O. The van der Waals surface area contributed by atoms with E-state index in [2.05, 4.69) is 20.9 Å². The van der Waals surface area contributed by atoms with E-state index in [9.17, 15) is 5.11 Å². The summed E-state index contributed by atoms with van der Waals surface area (Å²) < 4.78 is 0. The molecule has 1 unspecified atom stereocenters. The van der Waals surface area contributed by atoms with Crippen molar-refractivity contribution in [2.75, 3.05) is 31.1 Å². The molecule has 1 N–H and O–H groups in total. The Morgan fingerprint density at radius 3 is 3.00 bits per heavy atom. The van der Waals surface area contributed by atoms with Gasteiger partial charge in [0.25, 0.3) is 0 Å². The molecule has 104 valence electrons. The Kier molecular flexibility index (Phi) is 3.71. The van der Waals surface area contributed by atoms with Crippen molar-refractivity contribution in [2.24, 2.45) is 0 Å². The normalized spacial score (nSPS) is 25.4. The molecule has 3 rings (SSSR count). The van der Waals surface area contributed by atoms with Crippen LogP contribution in [0.15, 0.2) is 18.3 Å². The van der Waals surface area contributed by atoms with E-state index in [0.29, 0.717) is 6.42 Å². The van der Waals surface area contributed by atoms with Gasteiger partial charge in [-0.25, -0.2) is 0 Å². The third kappa shape index (κ3) is 2.60. The highest BCUT2D eigenvalue weighted by Crippen LogP contribution is 2.25. The van der Waals surface area contributed by atoms with Gasteiger partial charge in [-0.2, -0.15) is 0 Å². The molecule has 2 aliphatic heterocycles. The molecule has 0 radical (unpaired) electrons. The first-order valence-corrected chi connectivity index (χ1v) is 7.41. The topological polar surface area (TPSA) is 39.6 Å². The van der Waals surface area contributed by atoms with Gasteiger partial charge in [0.2, 0.25) is 0 Å². The van der Waals surface area contributed by atoms with E-state index in [1.165, 1.54) is 31.6 Å². The van der Waals surface area contributed by atoms with Crippen molar-refractivity contribution in [3.8, 4) is 0 Å². The van der Waals surface area contributed by atoms with E-state index in [1.807, 2.05) is 19.2 Å². The van der Waals surface area contributed by atoms with Crippen molar-refractivity contribution in [3.63, 3.8) is 0 Å². The molecule has 0 amide bonds. The fourth-order valence-electron chi connectivity index (χ4n) is 3.22. The number of piperazine rings is 1. The van der Waals surface area contributed by atoms with Crippen LogP contribution in [0.2, 0.25) is 0 Å². The third-order valence-corrected chi connectivity index (χ3v) is 4.45. The van der Waals surface area contributed by atoms with E-state index in [-0.39, 0.29) is 0 Å². The number of aromatic nitrogens is 1. The van der Waals surface area contributed by atoms with Gasteiger partial charge in [0.05, 0.1) is 23.7 Å². The second-order valence-electron chi connectivity index (χ2n) is 5.64. The zero-order valence-corrected chi connectivity index (χ0v) is 11.6. The van der Waals surface area contributed by atoms with Gasteiger partial charge in [-0.3, -0.25) is 9.88 Å². The minimum Gasteiger partial charge on any atom is -0.387 e. The molecule has 2 aliphatic rings. The van der Waals surface area contributed by atoms with Crippen molar-refractivity contribution in [3.05, 3.63) is 24.0 Å². The summed E-state index contributed by atoms with van der Waals surface area (Å²) in [6.45, 7) is 6.63. The van der Waals surface area contributed by atoms with Crippen molar-refractivity contribution in [2.45, 2.75) is 38.3 Å². The Balaban J connectivity index is 1.69. The van der Waals surface area contributed by atoms with Gasteiger partial charge in [-0.1, -0.05) is 6.92 Å². The predicted molar refractivity (Wildman–Crippen MR) is 76.3 cm³/mol. The zero-order valence-electron chi connectivity index (χ0n) is 11.6. The summed E-state index contributed by atoms with van der Waals surface area (Å²) in [5, 5.41) is 9.77. The Labute approximate surface area is 115 Å². The van der Waals surface area contributed by atoms with Gasteiger partial charge in [0.15, 0.2) is 0 Å². The first-order chi connectivity index (χ1) is 9.28. The van der Waals surface area contributed by atoms with Crippen LogP contribution in [-0.2, 0) is 0 Å². The molecule has 0 aromatic carbocycles. The average molecular weight is 261 g/mol. The molecule has 1 aromatic heterocycles. The lowest BCUT2D eigenvalue weighted by Crippen LogP contribution is -2.50. The molecule has 0 aliphatic carbocycles. The molecule has 4 heteroatoms. The SMILES string of the molecule is CC[C@@H](O)c1ccc(N2CCN3CCCC3C2)cn1. The van der Waals surface area contributed by atoms with E-state index in [4.69, 9.17) is 0 Å². The van der Waals surface area contributed by atoms with Crippen LogP contribution in [0.1, 0.15) is 38.0 Å². The summed E-state index contributed by atoms with van der Waals surface area (Å²) >= 11 is 0. The monoisotopic (exact) mass is 261 g/mol. The summed E-state index contributed by atoms with van der Waals surface area (Å²) in [6.07, 6.45) is 4.88. The van der Waals surface area contributed by atoms with Gasteiger partial charge in [0.1, 0.15) is 0 Å². The molecule has 2 saturated heterocycles. The summed E-state index contributed by atoms with van der Waals surface area (Å²) in [6, 6.07) is 4.80. The van der Waals surface area contributed by atoms with E-state index in [1.54, 1.807) is 0 Å². The molecule has 0 bridgehead atoms. The number of aliphatic hydroxyl groups excluding tert-OH is 1. The highest BCUT2D eigenvalue weighted by Gasteiger charge is 2.30. The van der Waals surface area contributed by atoms with Crippen LogP contribution in [0, 0.1) is 0 Å². The maximum atomic E-state index is 9.77. The Morgan fingerprint density at radius 2 is 2.26 bits per heavy atom. The molecule has 2 fully saturated rings. The number of anilines is 1. The molecule has 1 aromatic rings. The van der Waals surface area contributed by atoms with Crippen LogP contribution in [0.25, 0.3) is 0 Å². The molecule has 2 atom stereocenters. The number of aliphatic hydroxyl groups is 1. The molecular weight excluding hydrogens is 238 g/mol. The molecule has 0 saturated carbocycles. The molecule has 4 nitrogen and oxygen atoms in total. The largest absolute Gasteiger partial charge is 0.387 e. The number of pyridine rings is 1. The van der Waals surface area contributed by atoms with Crippen LogP contribution in [0.4, 0.5) is 5.69 Å². The van der Waals surface area contributed by atoms with Gasteiger partial charge in [-0.15, -0.1) is 0 Å². The minimum absolute atomic E-state index is 0.430. The van der Waals surface area contributed by atoms with E-state index < -0.39 is 6.10 Å². The van der Waals surface area contributed by atoms with E-state index in [0.717, 1.165) is 24.8 Å². The summed E-state index contributed by atoms with van der Waals surface area (Å²) in [4.78, 5) is 9.45. The number of rotatable bonds is 3. The van der Waals surface area contributed by atoms with Gasteiger partial charge < -0.3 is 10.0 Å². The third-order valence-electron chi connectivity index (χ3n) is 4.45. The number of hydrogen-bond donors (Lipinski definition) is 1. The minimum atomic E-state index is -0.430. The summed E-state index contributed by atoms with van der Waals surface area (Å²) in [7, 11) is 0. The van der Waals surface area contributed by atoms with Crippen LogP contribution in [-0.4, -0.2) is 47.2 Å². The Bertz CT molecular complexity index is 420. The standard InChI is InChI=1S/C15H23N3O/c1-2-15(19)14-6-5-12(10-16-14)18-9-8-17-7-3-4-13(17)11-18/h5-6,10,13,15,19H,2-4,7-9,11H2,1H3/t13?,15-/m1/s1. The number of nitrogens with zero attached hydrogens (tertiary/aromatic N) is 3. The quantitative estimate of drug-likeness (QED) is 0.901. The number of fused-ring (bicyclic) bond motifs is 1.